The molecule has 4 saturated carbocycles. The smallest absolute Gasteiger partial charge is 0.320 e. The van der Waals surface area contributed by atoms with Crippen LogP contribution in [0.2, 0.25) is 0 Å². The number of carbonyl (C=O) groups is 1. The van der Waals surface area contributed by atoms with Crippen LogP contribution >= 0.6 is 10.8 Å². The van der Waals surface area contributed by atoms with Gasteiger partial charge in [0.25, 0.3) is 0 Å². The van der Waals surface area contributed by atoms with Crippen molar-refractivity contribution in [3.8, 4) is 11.8 Å². The van der Waals surface area contributed by atoms with Crippen LogP contribution in [0.25, 0.3) is 0 Å². The fraction of sp³-hybridized carbons (Fsp3) is 0.800. The van der Waals surface area contributed by atoms with E-state index in [0.717, 1.165) is 44.9 Å². The molecule has 176 valence electrons. The minimum Gasteiger partial charge on any atom is -0.377 e. The lowest BCUT2D eigenvalue weighted by Gasteiger charge is -2.54. The van der Waals surface area contributed by atoms with Crippen LogP contribution in [0.5, 0.6) is 0 Å². The van der Waals surface area contributed by atoms with Crippen molar-refractivity contribution in [3.63, 3.8) is 0 Å². The Bertz CT molecular complexity index is 988. The molecule has 32 heavy (non-hydrogen) atoms. The van der Waals surface area contributed by atoms with Crippen LogP contribution < -0.4 is 0 Å². The normalized spacial score (nSPS) is 43.2. The molecule has 0 radical (unpaired) electrons. The van der Waals surface area contributed by atoms with Gasteiger partial charge in [0.05, 0.1) is 5.75 Å². The first-order chi connectivity index (χ1) is 15.1. The van der Waals surface area contributed by atoms with Crippen molar-refractivity contribution in [1.29, 1.82) is 0 Å². The van der Waals surface area contributed by atoms with E-state index in [2.05, 4.69) is 24.8 Å². The van der Waals surface area contributed by atoms with E-state index < -0.39 is 14.8 Å². The van der Waals surface area contributed by atoms with Gasteiger partial charge in [-0.3, -0.25) is 9.35 Å². The van der Waals surface area contributed by atoms with Crippen LogP contribution in [0.1, 0.15) is 71.1 Å². The fourth-order valence-corrected chi connectivity index (χ4v) is 8.89. The van der Waals surface area contributed by atoms with Crippen LogP contribution in [-0.2, 0) is 13.9 Å². The van der Waals surface area contributed by atoms with Crippen molar-refractivity contribution in [1.82, 2.24) is 0 Å². The highest BCUT2D eigenvalue weighted by atomic mass is 33.1. The minimum absolute atomic E-state index is 0.0277. The molecule has 0 unspecified atom stereocenters. The molecule has 5 nitrogen and oxygen atoms in total. The molecule has 5 aliphatic rings. The number of Topliss-reactive ketones (excluding diaryl/α,β-unsaturated/α-hetero) is 1. The summed E-state index contributed by atoms with van der Waals surface area (Å²) < 4.78 is 31.2. The van der Waals surface area contributed by atoms with Gasteiger partial charge in [-0.25, -0.2) is 0 Å². The van der Waals surface area contributed by atoms with Crippen molar-refractivity contribution < 1.29 is 22.9 Å². The van der Waals surface area contributed by atoms with Gasteiger partial charge in [0.2, 0.25) is 0 Å². The van der Waals surface area contributed by atoms with Crippen LogP contribution in [-0.4, -0.2) is 35.2 Å². The molecule has 5 aliphatic carbocycles. The lowest BCUT2D eigenvalue weighted by atomic mass is 9.51. The van der Waals surface area contributed by atoms with Gasteiger partial charge in [0.15, 0.2) is 0 Å². The minimum atomic E-state index is -4.19. The number of rotatable bonds is 4. The van der Waals surface area contributed by atoms with Crippen LogP contribution in [0.4, 0.5) is 0 Å². The largest absolute Gasteiger partial charge is 0.377 e. The van der Waals surface area contributed by atoms with Gasteiger partial charge in [0.1, 0.15) is 11.4 Å². The van der Waals surface area contributed by atoms with E-state index in [4.69, 9.17) is 4.55 Å². The molecule has 0 spiro atoms. The van der Waals surface area contributed by atoms with Crippen molar-refractivity contribution >= 4 is 25.7 Å². The maximum absolute atomic E-state index is 12.9. The molecule has 0 aromatic carbocycles. The Labute approximate surface area is 195 Å². The lowest BCUT2D eigenvalue weighted by Crippen LogP contribution is -2.48. The van der Waals surface area contributed by atoms with E-state index in [0.29, 0.717) is 46.8 Å². The molecule has 0 amide bonds. The Morgan fingerprint density at radius 3 is 2.66 bits per heavy atom. The molecular formula is C25H34O5S2. The number of hydrogen-bond acceptors (Lipinski definition) is 5. The summed E-state index contributed by atoms with van der Waals surface area (Å²) in [5.74, 6) is 8.90. The molecule has 0 bridgehead atoms. The summed E-state index contributed by atoms with van der Waals surface area (Å²) in [7, 11) is -3.84. The van der Waals surface area contributed by atoms with Crippen LogP contribution in [0.3, 0.4) is 0 Å². The molecule has 0 aromatic rings. The van der Waals surface area contributed by atoms with Crippen molar-refractivity contribution in [2.75, 3.05) is 5.75 Å². The van der Waals surface area contributed by atoms with E-state index in [1.54, 1.807) is 0 Å². The summed E-state index contributed by atoms with van der Waals surface area (Å²) >= 11 is 0. The monoisotopic (exact) mass is 478 g/mol. The van der Waals surface area contributed by atoms with Crippen LogP contribution in [0.15, 0.2) is 11.6 Å². The summed E-state index contributed by atoms with van der Waals surface area (Å²) in [5.41, 5.74) is 0.481. The van der Waals surface area contributed by atoms with Gasteiger partial charge in [-0.05, 0) is 86.9 Å². The molecule has 7 atom stereocenters. The summed E-state index contributed by atoms with van der Waals surface area (Å²) in [5, 5.41) is 11.1. The average Bonchev–Trinajstić information content (AvgIpc) is 3.49. The quantitative estimate of drug-likeness (QED) is 0.269. The molecule has 7 heteroatoms. The Morgan fingerprint density at radius 2 is 1.94 bits per heavy atom. The number of hydrogen-bond donors (Lipinski definition) is 2. The van der Waals surface area contributed by atoms with Crippen molar-refractivity contribution in [3.05, 3.63) is 11.6 Å². The second kappa shape index (κ2) is 8.15. The van der Waals surface area contributed by atoms with E-state index >= 15 is 0 Å². The lowest BCUT2D eigenvalue weighted by molar-refractivity contribution is -0.126. The Hall–Kier alpha value is -0.810. The number of aliphatic hydroxyl groups is 1. The molecule has 5 rings (SSSR count). The third-order valence-electron chi connectivity index (χ3n) is 9.33. The summed E-state index contributed by atoms with van der Waals surface area (Å²) in [4.78, 5) is 12.9. The third kappa shape index (κ3) is 4.33. The molecule has 4 fully saturated rings. The Balaban J connectivity index is 1.30. The predicted octanol–water partition coefficient (Wildman–Crippen LogP) is 4.42. The maximum atomic E-state index is 12.9. The summed E-state index contributed by atoms with van der Waals surface area (Å²) in [6.45, 7) is 2.24. The second-order valence-corrected chi connectivity index (χ2v) is 14.5. The zero-order valence-electron chi connectivity index (χ0n) is 18.8. The molecule has 0 heterocycles. The Morgan fingerprint density at radius 1 is 1.16 bits per heavy atom. The maximum Gasteiger partial charge on any atom is 0.320 e. The highest BCUT2D eigenvalue weighted by Crippen LogP contribution is 2.63. The number of fused-ring (bicyclic) bond motifs is 5. The number of ketones is 1. The number of allylic oxidation sites excluding steroid dienone is 1. The highest BCUT2D eigenvalue weighted by Gasteiger charge is 2.57. The molecule has 0 aromatic heterocycles. The van der Waals surface area contributed by atoms with Crippen LogP contribution in [0, 0.1) is 52.8 Å². The van der Waals surface area contributed by atoms with Gasteiger partial charge in [0, 0.05) is 29.1 Å². The average molecular weight is 479 g/mol. The highest BCUT2D eigenvalue weighted by molar-refractivity contribution is 8.70. The second-order valence-electron chi connectivity index (χ2n) is 11.2. The van der Waals surface area contributed by atoms with E-state index in [9.17, 15) is 18.3 Å². The molecule has 0 aliphatic heterocycles. The first-order valence-electron chi connectivity index (χ1n) is 12.2. The molecule has 0 saturated heterocycles. The Kier molecular flexibility index (Phi) is 5.84. The SMILES string of the molecule is C[C@]12CC[C@H]3[C@@H](CC=C4C[C@](O)(C#CC5CC5)CC[C@@H]43)[C@@H]1CC[C@@H]2C(=O)CSS(=O)(=O)O. The van der Waals surface area contributed by atoms with E-state index in [1.165, 1.54) is 18.4 Å². The standard InChI is InChI=1S/C25H34O5S2/c1-24-11-9-19-18-10-13-25(27,12-8-16-2-3-16)14-17(18)4-5-20(19)21(24)6-7-22(24)23(26)15-31-32(28,29)30/h4,16,18-22,27H,2-3,5-7,9-11,13-15H2,1H3,(H,28,29,30)/t18-,19+,20+,21-,22+,24-,25-/m0/s1. The zero-order chi connectivity index (χ0) is 22.7. The van der Waals surface area contributed by atoms with E-state index in [1.807, 2.05) is 0 Å². The summed E-state index contributed by atoms with van der Waals surface area (Å²) in [6.07, 6.45) is 12.1. The van der Waals surface area contributed by atoms with Crippen molar-refractivity contribution in [2.45, 2.75) is 76.7 Å². The van der Waals surface area contributed by atoms with Crippen molar-refractivity contribution in [2.24, 2.45) is 40.9 Å². The molecule has 2 N–H and O–H groups in total. The number of carbonyl (C=O) groups excluding carboxylic acids is 1. The van der Waals surface area contributed by atoms with Gasteiger partial charge < -0.3 is 5.11 Å². The van der Waals surface area contributed by atoms with Gasteiger partial charge >= 0.3 is 9.15 Å². The van der Waals surface area contributed by atoms with E-state index in [-0.39, 0.29) is 22.9 Å². The predicted molar refractivity (Wildman–Crippen MR) is 125 cm³/mol. The summed E-state index contributed by atoms with van der Waals surface area (Å²) in [6, 6.07) is 0. The van der Waals surface area contributed by atoms with Gasteiger partial charge in [-0.1, -0.05) is 30.4 Å². The molecular weight excluding hydrogens is 444 g/mol. The van der Waals surface area contributed by atoms with Gasteiger partial charge in [-0.15, -0.1) is 0 Å². The first kappa shape index (κ1) is 23.0. The van der Waals surface area contributed by atoms with Gasteiger partial charge in [-0.2, -0.15) is 8.42 Å². The fourth-order valence-electron chi connectivity index (χ4n) is 7.63. The topological polar surface area (TPSA) is 91.7 Å². The first-order valence-corrected chi connectivity index (χ1v) is 15.1. The zero-order valence-corrected chi connectivity index (χ0v) is 20.4. The third-order valence-corrected chi connectivity index (χ3v) is 11.3.